The molecule has 0 N–H and O–H groups in total. The largest absolute Gasteiger partial charge is 0.491 e. The van der Waals surface area contributed by atoms with Gasteiger partial charge in [0.25, 0.3) is 0 Å². The molecule has 2 aromatic rings. The molecule has 1 aromatic carbocycles. The number of imidazole rings is 1. The second-order valence-corrected chi connectivity index (χ2v) is 5.84. The third-order valence-electron chi connectivity index (χ3n) is 2.61. The molecule has 2 rings (SSSR count). The molecule has 1 atom stereocenters. The highest BCUT2D eigenvalue weighted by Gasteiger charge is 2.12. The maximum absolute atomic E-state index is 5.67. The summed E-state index contributed by atoms with van der Waals surface area (Å²) < 4.78 is 7.78. The lowest BCUT2D eigenvalue weighted by Crippen LogP contribution is -2.05. The number of rotatable bonds is 3. The zero-order valence-electron chi connectivity index (χ0n) is 10.6. The van der Waals surface area contributed by atoms with Crippen molar-refractivity contribution in [3.63, 3.8) is 0 Å². The number of ether oxygens (including phenoxy) is 1. The number of nitrogens with zero attached hydrogens (tertiary/aromatic N) is 2. The molecule has 0 spiro atoms. The monoisotopic (exact) mass is 296 g/mol. The van der Waals surface area contributed by atoms with Crippen LogP contribution in [0.25, 0.3) is 11.0 Å². The van der Waals surface area contributed by atoms with Crippen molar-refractivity contribution in [2.24, 2.45) is 7.05 Å². The van der Waals surface area contributed by atoms with E-state index < -0.39 is 0 Å². The summed E-state index contributed by atoms with van der Waals surface area (Å²) in [6.07, 6.45) is 0.186. The first kappa shape index (κ1) is 12.4. The molecule has 0 aliphatic heterocycles. The number of alkyl halides is 1. The normalized spacial score (nSPS) is 13.3. The number of fused-ring (bicyclic) bond motifs is 1. The average molecular weight is 297 g/mol. The summed E-state index contributed by atoms with van der Waals surface area (Å²) in [6, 6.07) is 6.04. The molecule has 0 radical (unpaired) electrons. The summed E-state index contributed by atoms with van der Waals surface area (Å²) in [5.74, 6) is 1.90. The fourth-order valence-electron chi connectivity index (χ4n) is 1.90. The van der Waals surface area contributed by atoms with Gasteiger partial charge < -0.3 is 9.30 Å². The zero-order chi connectivity index (χ0) is 12.6. The Labute approximate surface area is 110 Å². The third-order valence-corrected chi connectivity index (χ3v) is 3.02. The van der Waals surface area contributed by atoms with Gasteiger partial charge in [-0.15, -0.1) is 0 Å². The molecule has 0 aliphatic rings. The number of hydrogen-bond acceptors (Lipinski definition) is 2. The van der Waals surface area contributed by atoms with Gasteiger partial charge in [-0.25, -0.2) is 4.98 Å². The van der Waals surface area contributed by atoms with Gasteiger partial charge in [-0.1, -0.05) is 15.9 Å². The molecule has 1 heterocycles. The van der Waals surface area contributed by atoms with Gasteiger partial charge in [0.2, 0.25) is 0 Å². The van der Waals surface area contributed by atoms with Crippen LogP contribution in [-0.4, -0.2) is 15.7 Å². The summed E-state index contributed by atoms with van der Waals surface area (Å²) >= 11 is 3.56. The summed E-state index contributed by atoms with van der Waals surface area (Å²) in [5, 5.41) is 0. The number of halogens is 1. The Morgan fingerprint density at radius 3 is 2.59 bits per heavy atom. The van der Waals surface area contributed by atoms with Crippen molar-refractivity contribution in [1.82, 2.24) is 9.55 Å². The molecule has 0 saturated heterocycles. The van der Waals surface area contributed by atoms with Crippen molar-refractivity contribution in [3.8, 4) is 5.75 Å². The number of benzene rings is 1. The summed E-state index contributed by atoms with van der Waals surface area (Å²) in [7, 11) is 2.03. The summed E-state index contributed by atoms with van der Waals surface area (Å²) in [4.78, 5) is 4.86. The third kappa shape index (κ3) is 2.46. The Balaban J connectivity index is 2.48. The van der Waals surface area contributed by atoms with Crippen LogP contribution >= 0.6 is 15.9 Å². The van der Waals surface area contributed by atoms with E-state index in [2.05, 4.69) is 38.5 Å². The highest BCUT2D eigenvalue weighted by atomic mass is 79.9. The molecule has 0 bridgehead atoms. The van der Waals surface area contributed by atoms with Crippen molar-refractivity contribution < 1.29 is 4.74 Å². The van der Waals surface area contributed by atoms with Crippen molar-refractivity contribution in [3.05, 3.63) is 24.0 Å². The Kier molecular flexibility index (Phi) is 3.43. The minimum Gasteiger partial charge on any atom is -0.491 e. The minimum absolute atomic E-state index is 0.186. The van der Waals surface area contributed by atoms with Crippen LogP contribution in [0.4, 0.5) is 0 Å². The molecule has 17 heavy (non-hydrogen) atoms. The fourth-order valence-corrected chi connectivity index (χ4v) is 2.31. The minimum atomic E-state index is 0.186. The van der Waals surface area contributed by atoms with Gasteiger partial charge in [-0.3, -0.25) is 0 Å². The van der Waals surface area contributed by atoms with Crippen LogP contribution in [0.5, 0.6) is 5.75 Å². The maximum Gasteiger partial charge on any atom is 0.123 e. The highest BCUT2D eigenvalue weighted by molar-refractivity contribution is 9.09. The standard InChI is InChI=1S/C13H17BrN2O/c1-8(2)17-10-5-6-12-11(7-10)15-13(9(3)14)16(12)4/h5-9H,1-4H3. The maximum atomic E-state index is 5.67. The van der Waals surface area contributed by atoms with Gasteiger partial charge in [-0.05, 0) is 32.9 Å². The second kappa shape index (κ2) is 4.69. The molecule has 4 heteroatoms. The fraction of sp³-hybridized carbons (Fsp3) is 0.462. The van der Waals surface area contributed by atoms with Crippen LogP contribution < -0.4 is 4.74 Å². The lowest BCUT2D eigenvalue weighted by Gasteiger charge is -2.09. The van der Waals surface area contributed by atoms with E-state index in [1.165, 1.54) is 0 Å². The van der Waals surface area contributed by atoms with Crippen molar-refractivity contribution in [1.29, 1.82) is 0 Å². The molecule has 0 saturated carbocycles. The van der Waals surface area contributed by atoms with E-state index in [0.29, 0.717) is 0 Å². The molecular formula is C13H17BrN2O. The van der Waals surface area contributed by atoms with Crippen LogP contribution in [0.2, 0.25) is 0 Å². The molecule has 1 unspecified atom stereocenters. The van der Waals surface area contributed by atoms with Crippen molar-refractivity contribution >= 4 is 27.0 Å². The first-order chi connectivity index (χ1) is 7.99. The topological polar surface area (TPSA) is 27.1 Å². The van der Waals surface area contributed by atoms with Gasteiger partial charge in [-0.2, -0.15) is 0 Å². The zero-order valence-corrected chi connectivity index (χ0v) is 12.2. The first-order valence-electron chi connectivity index (χ1n) is 5.76. The Morgan fingerprint density at radius 1 is 1.29 bits per heavy atom. The lowest BCUT2D eigenvalue weighted by atomic mass is 10.3. The number of aromatic nitrogens is 2. The van der Waals surface area contributed by atoms with E-state index in [9.17, 15) is 0 Å². The van der Waals surface area contributed by atoms with Crippen LogP contribution in [0.15, 0.2) is 18.2 Å². The molecule has 92 valence electrons. The van der Waals surface area contributed by atoms with Crippen LogP contribution in [0, 0.1) is 0 Å². The van der Waals surface area contributed by atoms with E-state index >= 15 is 0 Å². The molecular weight excluding hydrogens is 280 g/mol. The predicted molar refractivity (Wildman–Crippen MR) is 73.8 cm³/mol. The number of aryl methyl sites for hydroxylation is 1. The SMILES string of the molecule is CC(C)Oc1ccc2c(c1)nc(C(C)Br)n2C. The van der Waals surface area contributed by atoms with Gasteiger partial charge in [0.1, 0.15) is 11.6 Å². The molecule has 0 amide bonds. The van der Waals surface area contributed by atoms with E-state index in [0.717, 1.165) is 22.6 Å². The molecule has 3 nitrogen and oxygen atoms in total. The molecule has 0 fully saturated rings. The average Bonchev–Trinajstić information content (AvgIpc) is 2.55. The van der Waals surface area contributed by atoms with E-state index in [-0.39, 0.29) is 10.9 Å². The van der Waals surface area contributed by atoms with Gasteiger partial charge in [0.05, 0.1) is 22.0 Å². The second-order valence-electron chi connectivity index (χ2n) is 4.46. The summed E-state index contributed by atoms with van der Waals surface area (Å²) in [6.45, 7) is 6.12. The lowest BCUT2D eigenvalue weighted by molar-refractivity contribution is 0.242. The van der Waals surface area contributed by atoms with E-state index in [1.807, 2.05) is 33.0 Å². The van der Waals surface area contributed by atoms with Gasteiger partial charge in [0.15, 0.2) is 0 Å². The van der Waals surface area contributed by atoms with E-state index in [4.69, 9.17) is 4.74 Å². The predicted octanol–water partition coefficient (Wildman–Crippen LogP) is 3.82. The quantitative estimate of drug-likeness (QED) is 0.805. The smallest absolute Gasteiger partial charge is 0.123 e. The van der Waals surface area contributed by atoms with Gasteiger partial charge >= 0.3 is 0 Å². The summed E-state index contributed by atoms with van der Waals surface area (Å²) in [5.41, 5.74) is 2.11. The Hall–Kier alpha value is -1.03. The Morgan fingerprint density at radius 2 is 2.00 bits per heavy atom. The van der Waals surface area contributed by atoms with E-state index in [1.54, 1.807) is 0 Å². The van der Waals surface area contributed by atoms with Crippen LogP contribution in [0.3, 0.4) is 0 Å². The first-order valence-corrected chi connectivity index (χ1v) is 6.67. The highest BCUT2D eigenvalue weighted by Crippen LogP contribution is 2.27. The Bertz CT molecular complexity index is 531. The van der Waals surface area contributed by atoms with Crippen LogP contribution in [-0.2, 0) is 7.05 Å². The van der Waals surface area contributed by atoms with Crippen molar-refractivity contribution in [2.75, 3.05) is 0 Å². The van der Waals surface area contributed by atoms with Crippen LogP contribution in [0.1, 0.15) is 31.4 Å². The molecule has 1 aromatic heterocycles. The molecule has 0 aliphatic carbocycles. The van der Waals surface area contributed by atoms with Crippen molar-refractivity contribution in [2.45, 2.75) is 31.7 Å². The number of hydrogen-bond donors (Lipinski definition) is 0. The van der Waals surface area contributed by atoms with Gasteiger partial charge in [0, 0.05) is 13.1 Å².